The van der Waals surface area contributed by atoms with Gasteiger partial charge in [0.2, 0.25) is 0 Å². The average Bonchev–Trinajstić information content (AvgIpc) is 2.25. The number of nitrogen functional groups attached to an aromatic ring is 1. The van der Waals surface area contributed by atoms with Crippen LogP contribution < -0.4 is 11.1 Å². The Kier molecular flexibility index (Phi) is 4.31. The van der Waals surface area contributed by atoms with Crippen LogP contribution in [0.1, 0.15) is 29.3 Å². The molecule has 0 radical (unpaired) electrons. The number of benzene rings is 1. The summed E-state index contributed by atoms with van der Waals surface area (Å²) in [5, 5.41) is 11.8. The average molecular weight is 222 g/mol. The van der Waals surface area contributed by atoms with Crippen LogP contribution in [0.2, 0.25) is 0 Å². The molecule has 16 heavy (non-hydrogen) atoms. The fourth-order valence-electron chi connectivity index (χ4n) is 1.53. The van der Waals surface area contributed by atoms with Gasteiger partial charge >= 0.3 is 0 Å². The van der Waals surface area contributed by atoms with Gasteiger partial charge in [-0.2, -0.15) is 0 Å². The molecule has 1 amide bonds. The van der Waals surface area contributed by atoms with Crippen molar-refractivity contribution in [1.82, 2.24) is 5.32 Å². The van der Waals surface area contributed by atoms with E-state index in [-0.39, 0.29) is 18.6 Å². The van der Waals surface area contributed by atoms with Crippen molar-refractivity contribution in [3.63, 3.8) is 0 Å². The van der Waals surface area contributed by atoms with Crippen molar-refractivity contribution >= 4 is 11.6 Å². The van der Waals surface area contributed by atoms with Gasteiger partial charge in [-0.1, -0.05) is 19.1 Å². The quantitative estimate of drug-likeness (QED) is 0.667. The molecule has 88 valence electrons. The van der Waals surface area contributed by atoms with Crippen LogP contribution >= 0.6 is 0 Å². The van der Waals surface area contributed by atoms with E-state index in [1.807, 2.05) is 26.0 Å². The summed E-state index contributed by atoms with van der Waals surface area (Å²) in [4.78, 5) is 11.9. The third kappa shape index (κ3) is 2.73. The smallest absolute Gasteiger partial charge is 0.253 e. The van der Waals surface area contributed by atoms with Crippen LogP contribution in [0.4, 0.5) is 5.69 Å². The van der Waals surface area contributed by atoms with Gasteiger partial charge in [-0.3, -0.25) is 4.79 Å². The summed E-state index contributed by atoms with van der Waals surface area (Å²) in [5.41, 5.74) is 7.55. The van der Waals surface area contributed by atoms with Gasteiger partial charge in [0.05, 0.1) is 18.2 Å². The number of carbonyl (C=O) groups excluding carboxylic acids is 1. The fourth-order valence-corrected chi connectivity index (χ4v) is 1.53. The van der Waals surface area contributed by atoms with Crippen molar-refractivity contribution in [3.05, 3.63) is 29.3 Å². The number of hydrogen-bond acceptors (Lipinski definition) is 3. The van der Waals surface area contributed by atoms with E-state index in [1.165, 1.54) is 0 Å². The molecule has 0 aliphatic heterocycles. The predicted octanol–water partition coefficient (Wildman–Crippen LogP) is 1.08. The topological polar surface area (TPSA) is 75.3 Å². The second kappa shape index (κ2) is 5.51. The molecule has 4 nitrogen and oxygen atoms in total. The maximum absolute atomic E-state index is 11.9. The van der Waals surface area contributed by atoms with Gasteiger partial charge in [-0.05, 0) is 25.0 Å². The van der Waals surface area contributed by atoms with E-state index in [9.17, 15) is 4.79 Å². The standard InChI is InChI=1S/C12H18N2O2/c1-3-9(7-15)14-12(16)11-8(2)5-4-6-10(11)13/h4-6,9,15H,3,7,13H2,1-2H3,(H,14,16). The van der Waals surface area contributed by atoms with Gasteiger partial charge in [0.1, 0.15) is 0 Å². The molecule has 1 atom stereocenters. The van der Waals surface area contributed by atoms with E-state index in [0.29, 0.717) is 17.7 Å². The molecule has 0 saturated heterocycles. The summed E-state index contributed by atoms with van der Waals surface area (Å²) >= 11 is 0. The summed E-state index contributed by atoms with van der Waals surface area (Å²) < 4.78 is 0. The number of aryl methyl sites for hydroxylation is 1. The Morgan fingerprint density at radius 2 is 2.25 bits per heavy atom. The zero-order chi connectivity index (χ0) is 12.1. The molecule has 0 aliphatic carbocycles. The molecule has 0 heterocycles. The third-order valence-electron chi connectivity index (χ3n) is 2.58. The lowest BCUT2D eigenvalue weighted by atomic mass is 10.1. The summed E-state index contributed by atoms with van der Waals surface area (Å²) in [5.74, 6) is -0.225. The first-order chi connectivity index (χ1) is 7.60. The molecule has 0 fully saturated rings. The monoisotopic (exact) mass is 222 g/mol. The number of aliphatic hydroxyl groups is 1. The normalized spacial score (nSPS) is 12.2. The molecule has 0 aromatic heterocycles. The number of nitrogens with one attached hydrogen (secondary N) is 1. The zero-order valence-electron chi connectivity index (χ0n) is 9.66. The Hall–Kier alpha value is -1.55. The van der Waals surface area contributed by atoms with E-state index < -0.39 is 0 Å². The van der Waals surface area contributed by atoms with Crippen molar-refractivity contribution < 1.29 is 9.90 Å². The van der Waals surface area contributed by atoms with E-state index >= 15 is 0 Å². The van der Waals surface area contributed by atoms with Crippen LogP contribution in [0, 0.1) is 6.92 Å². The number of anilines is 1. The van der Waals surface area contributed by atoms with Crippen molar-refractivity contribution in [2.45, 2.75) is 26.3 Å². The maximum Gasteiger partial charge on any atom is 0.253 e. The van der Waals surface area contributed by atoms with Crippen LogP contribution in [0.3, 0.4) is 0 Å². The van der Waals surface area contributed by atoms with Crippen molar-refractivity contribution in [3.8, 4) is 0 Å². The molecule has 0 aliphatic rings. The highest BCUT2D eigenvalue weighted by atomic mass is 16.3. The molecular weight excluding hydrogens is 204 g/mol. The Morgan fingerprint density at radius 3 is 2.75 bits per heavy atom. The molecule has 0 saturated carbocycles. The van der Waals surface area contributed by atoms with E-state index in [4.69, 9.17) is 10.8 Å². The largest absolute Gasteiger partial charge is 0.398 e. The molecule has 1 unspecified atom stereocenters. The van der Waals surface area contributed by atoms with Crippen molar-refractivity contribution in [2.24, 2.45) is 0 Å². The molecule has 4 heteroatoms. The number of amides is 1. The van der Waals surface area contributed by atoms with Crippen LogP contribution in [-0.4, -0.2) is 23.7 Å². The molecular formula is C12H18N2O2. The first-order valence-electron chi connectivity index (χ1n) is 5.37. The minimum absolute atomic E-state index is 0.0615. The van der Waals surface area contributed by atoms with Gasteiger partial charge in [0.15, 0.2) is 0 Å². The van der Waals surface area contributed by atoms with E-state index in [0.717, 1.165) is 5.56 Å². The van der Waals surface area contributed by atoms with Gasteiger partial charge in [-0.15, -0.1) is 0 Å². The van der Waals surface area contributed by atoms with Crippen molar-refractivity contribution in [1.29, 1.82) is 0 Å². The molecule has 0 bridgehead atoms. The Morgan fingerprint density at radius 1 is 1.56 bits per heavy atom. The molecule has 4 N–H and O–H groups in total. The van der Waals surface area contributed by atoms with Gasteiger partial charge in [0, 0.05) is 5.69 Å². The lowest BCUT2D eigenvalue weighted by Crippen LogP contribution is -2.37. The second-order valence-corrected chi connectivity index (χ2v) is 3.80. The Labute approximate surface area is 95.5 Å². The summed E-state index contributed by atoms with van der Waals surface area (Å²) in [6, 6.07) is 5.13. The van der Waals surface area contributed by atoms with E-state index in [1.54, 1.807) is 6.07 Å². The number of hydrogen-bond donors (Lipinski definition) is 3. The second-order valence-electron chi connectivity index (χ2n) is 3.80. The third-order valence-corrected chi connectivity index (χ3v) is 2.58. The van der Waals surface area contributed by atoms with Crippen LogP contribution in [-0.2, 0) is 0 Å². The highest BCUT2D eigenvalue weighted by Crippen LogP contribution is 2.16. The number of nitrogens with two attached hydrogens (primary N) is 1. The summed E-state index contributed by atoms with van der Waals surface area (Å²) in [6.45, 7) is 3.68. The first-order valence-corrected chi connectivity index (χ1v) is 5.37. The van der Waals surface area contributed by atoms with Gasteiger partial charge in [0.25, 0.3) is 5.91 Å². The zero-order valence-corrected chi connectivity index (χ0v) is 9.66. The Balaban J connectivity index is 2.88. The van der Waals surface area contributed by atoms with Gasteiger partial charge < -0.3 is 16.2 Å². The van der Waals surface area contributed by atoms with E-state index in [2.05, 4.69) is 5.32 Å². The maximum atomic E-state index is 11.9. The highest BCUT2D eigenvalue weighted by Gasteiger charge is 2.15. The predicted molar refractivity (Wildman–Crippen MR) is 64.2 cm³/mol. The molecule has 1 rings (SSSR count). The fraction of sp³-hybridized carbons (Fsp3) is 0.417. The summed E-state index contributed by atoms with van der Waals surface area (Å²) in [7, 11) is 0. The molecule has 0 spiro atoms. The summed E-state index contributed by atoms with van der Waals surface area (Å²) in [6.07, 6.45) is 0.689. The molecule has 1 aromatic rings. The lowest BCUT2D eigenvalue weighted by Gasteiger charge is -2.16. The first kappa shape index (κ1) is 12.5. The van der Waals surface area contributed by atoms with Crippen LogP contribution in [0.25, 0.3) is 0 Å². The number of carbonyl (C=O) groups is 1. The molecule has 1 aromatic carbocycles. The highest BCUT2D eigenvalue weighted by molar-refractivity contribution is 6.00. The number of rotatable bonds is 4. The lowest BCUT2D eigenvalue weighted by molar-refractivity contribution is 0.0915. The number of aliphatic hydroxyl groups excluding tert-OH is 1. The van der Waals surface area contributed by atoms with Crippen molar-refractivity contribution in [2.75, 3.05) is 12.3 Å². The van der Waals surface area contributed by atoms with Crippen LogP contribution in [0.5, 0.6) is 0 Å². The minimum atomic E-state index is -0.225. The SMILES string of the molecule is CCC(CO)NC(=O)c1c(C)cccc1N. The van der Waals surface area contributed by atoms with Crippen LogP contribution in [0.15, 0.2) is 18.2 Å². The Bertz CT molecular complexity index is 353. The van der Waals surface area contributed by atoms with Gasteiger partial charge in [-0.25, -0.2) is 0 Å². The minimum Gasteiger partial charge on any atom is -0.398 e.